The molecule has 2 N–H and O–H groups in total. The minimum absolute atomic E-state index is 0. The van der Waals surface area contributed by atoms with Crippen LogP contribution in [0.25, 0.3) is 0 Å². The second-order valence-corrected chi connectivity index (χ2v) is 6.47. The minimum Gasteiger partial charge on any atom is -0.489 e. The van der Waals surface area contributed by atoms with Crippen molar-refractivity contribution in [3.05, 3.63) is 38.9 Å². The smallest absolute Gasteiger partial charge is 0.228 e. The first-order valence-electron chi connectivity index (χ1n) is 8.08. The van der Waals surface area contributed by atoms with E-state index in [1.54, 1.807) is 19.1 Å². The second-order valence-electron chi connectivity index (χ2n) is 5.22. The molecule has 7 nitrogen and oxygen atoms in total. The molecule has 0 atom stereocenters. The number of guanidine groups is 1. The third-order valence-corrected chi connectivity index (χ3v) is 3.89. The summed E-state index contributed by atoms with van der Waals surface area (Å²) < 4.78 is 10.7. The van der Waals surface area contributed by atoms with Crippen molar-refractivity contribution >= 4 is 64.7 Å². The summed E-state index contributed by atoms with van der Waals surface area (Å²) in [7, 11) is 0. The summed E-state index contributed by atoms with van der Waals surface area (Å²) in [5.41, 5.74) is 0. The van der Waals surface area contributed by atoms with E-state index in [4.69, 9.17) is 44.1 Å². The molecule has 0 aliphatic carbocycles. The largest absolute Gasteiger partial charge is 0.489 e. The van der Waals surface area contributed by atoms with Gasteiger partial charge in [-0.05, 0) is 26.0 Å². The Labute approximate surface area is 190 Å². The van der Waals surface area contributed by atoms with Crippen molar-refractivity contribution in [2.45, 2.75) is 20.3 Å². The van der Waals surface area contributed by atoms with Gasteiger partial charge in [-0.15, -0.1) is 24.0 Å². The van der Waals surface area contributed by atoms with E-state index in [0.717, 1.165) is 6.54 Å². The Morgan fingerprint density at radius 2 is 1.93 bits per heavy atom. The predicted octanol–water partition coefficient (Wildman–Crippen LogP) is 4.13. The molecule has 0 aliphatic heterocycles. The van der Waals surface area contributed by atoms with E-state index in [0.29, 0.717) is 64.6 Å². The average Bonchev–Trinajstić information content (AvgIpc) is 2.98. The van der Waals surface area contributed by atoms with E-state index >= 15 is 0 Å². The highest BCUT2D eigenvalue weighted by Crippen LogP contribution is 2.35. The number of ether oxygens (including phenoxy) is 1. The van der Waals surface area contributed by atoms with Crippen molar-refractivity contribution < 1.29 is 9.26 Å². The third kappa shape index (κ3) is 8.28. The average molecular weight is 549 g/mol. The van der Waals surface area contributed by atoms with Crippen LogP contribution in [-0.4, -0.2) is 42.3 Å². The fourth-order valence-corrected chi connectivity index (χ4v) is 2.96. The van der Waals surface area contributed by atoms with Gasteiger partial charge in [-0.1, -0.05) is 40.0 Å². The van der Waals surface area contributed by atoms with Crippen LogP contribution in [0.15, 0.2) is 21.6 Å². The zero-order chi connectivity index (χ0) is 18.9. The van der Waals surface area contributed by atoms with Gasteiger partial charge in [-0.2, -0.15) is 4.98 Å². The Balaban J connectivity index is 0.00000364. The SMILES string of the molecule is CCNC(=NCCc1nc(C)no1)NCCOc1c(Cl)cc(Cl)cc1Cl.I. The predicted molar refractivity (Wildman–Crippen MR) is 119 cm³/mol. The maximum atomic E-state index is 6.08. The topological polar surface area (TPSA) is 84.6 Å². The molecule has 0 radical (unpaired) electrons. The molecule has 0 saturated carbocycles. The number of hydrogen-bond donors (Lipinski definition) is 2. The van der Waals surface area contributed by atoms with Crippen molar-refractivity contribution in [3.8, 4) is 5.75 Å². The molecule has 0 saturated heterocycles. The number of nitrogens with zero attached hydrogens (tertiary/aromatic N) is 3. The molecule has 11 heteroatoms. The monoisotopic (exact) mass is 547 g/mol. The normalized spacial score (nSPS) is 11.1. The van der Waals surface area contributed by atoms with E-state index in [2.05, 4.69) is 25.8 Å². The molecule has 2 aromatic rings. The van der Waals surface area contributed by atoms with E-state index in [9.17, 15) is 0 Å². The first kappa shape index (κ1) is 24.1. The fraction of sp³-hybridized carbons (Fsp3) is 0.438. The summed E-state index contributed by atoms with van der Waals surface area (Å²) in [6.07, 6.45) is 0.573. The zero-order valence-electron chi connectivity index (χ0n) is 14.9. The number of hydrogen-bond acceptors (Lipinski definition) is 5. The van der Waals surface area contributed by atoms with Crippen LogP contribution >= 0.6 is 58.8 Å². The fourth-order valence-electron chi connectivity index (χ4n) is 2.04. The van der Waals surface area contributed by atoms with E-state index < -0.39 is 0 Å². The Morgan fingerprint density at radius 3 is 2.52 bits per heavy atom. The molecule has 0 fully saturated rings. The first-order chi connectivity index (χ1) is 12.5. The van der Waals surface area contributed by atoms with Gasteiger partial charge in [0.25, 0.3) is 0 Å². The Hall–Kier alpha value is -0.970. The molecule has 27 heavy (non-hydrogen) atoms. The van der Waals surface area contributed by atoms with Crippen LogP contribution in [0.3, 0.4) is 0 Å². The molecule has 1 heterocycles. The van der Waals surface area contributed by atoms with Gasteiger partial charge >= 0.3 is 0 Å². The van der Waals surface area contributed by atoms with Gasteiger partial charge in [-0.25, -0.2) is 0 Å². The summed E-state index contributed by atoms with van der Waals surface area (Å²) >= 11 is 18.0. The minimum atomic E-state index is 0. The number of benzene rings is 1. The van der Waals surface area contributed by atoms with Gasteiger partial charge in [0, 0.05) is 18.0 Å². The van der Waals surface area contributed by atoms with E-state index in [-0.39, 0.29) is 24.0 Å². The van der Waals surface area contributed by atoms with Crippen molar-refractivity contribution in [1.82, 2.24) is 20.8 Å². The Morgan fingerprint density at radius 1 is 1.22 bits per heavy atom. The molecule has 150 valence electrons. The van der Waals surface area contributed by atoms with Crippen LogP contribution < -0.4 is 15.4 Å². The maximum absolute atomic E-state index is 6.08. The van der Waals surface area contributed by atoms with Crippen molar-refractivity contribution in [2.75, 3.05) is 26.2 Å². The van der Waals surface area contributed by atoms with Crippen LogP contribution in [-0.2, 0) is 6.42 Å². The summed E-state index contributed by atoms with van der Waals surface area (Å²) in [6, 6.07) is 3.17. The van der Waals surface area contributed by atoms with Gasteiger partial charge in [0.2, 0.25) is 5.89 Å². The number of aliphatic imine (C=N–C) groups is 1. The van der Waals surface area contributed by atoms with Gasteiger partial charge in [0.05, 0.1) is 23.1 Å². The van der Waals surface area contributed by atoms with Crippen LogP contribution in [0.1, 0.15) is 18.6 Å². The van der Waals surface area contributed by atoms with Crippen molar-refractivity contribution in [1.29, 1.82) is 0 Å². The highest BCUT2D eigenvalue weighted by atomic mass is 127. The summed E-state index contributed by atoms with van der Waals surface area (Å²) in [6.45, 7) is 5.90. The number of nitrogens with one attached hydrogen (secondary N) is 2. The molecule has 0 bridgehead atoms. The molecule has 0 unspecified atom stereocenters. The molecule has 0 aliphatic rings. The van der Waals surface area contributed by atoms with Crippen LogP contribution in [0.2, 0.25) is 15.1 Å². The summed E-state index contributed by atoms with van der Waals surface area (Å²) in [5, 5.41) is 11.3. The zero-order valence-corrected chi connectivity index (χ0v) is 19.5. The second kappa shape index (κ2) is 12.5. The molecular weight excluding hydrogens is 527 g/mol. The van der Waals surface area contributed by atoms with Gasteiger partial charge in [0.15, 0.2) is 17.5 Å². The lowest BCUT2D eigenvalue weighted by atomic mass is 10.3. The highest BCUT2D eigenvalue weighted by Gasteiger charge is 2.09. The highest BCUT2D eigenvalue weighted by molar-refractivity contribution is 14.0. The number of aromatic nitrogens is 2. The lowest BCUT2D eigenvalue weighted by Gasteiger charge is -2.13. The Kier molecular flexibility index (Phi) is 11.1. The summed E-state index contributed by atoms with van der Waals surface area (Å²) in [4.78, 5) is 8.59. The van der Waals surface area contributed by atoms with Crippen molar-refractivity contribution in [2.24, 2.45) is 4.99 Å². The molecule has 1 aromatic heterocycles. The molecular formula is C16H21Cl3IN5O2. The van der Waals surface area contributed by atoms with Gasteiger partial charge < -0.3 is 19.9 Å². The number of halogens is 4. The molecule has 2 rings (SSSR count). The third-order valence-electron chi connectivity index (χ3n) is 3.11. The maximum Gasteiger partial charge on any atom is 0.228 e. The van der Waals surface area contributed by atoms with E-state index in [1.807, 2.05) is 6.92 Å². The number of rotatable bonds is 8. The first-order valence-corrected chi connectivity index (χ1v) is 9.21. The van der Waals surface area contributed by atoms with E-state index in [1.165, 1.54) is 0 Å². The standard InChI is InChI=1S/C16H20Cl3N5O2.HI/c1-3-20-16(21-5-4-14-23-10(2)24-26-14)22-6-7-25-15-12(18)8-11(17)9-13(15)19;/h8-9H,3-7H2,1-2H3,(H2,20,21,22);1H. The molecule has 0 amide bonds. The molecule has 0 spiro atoms. The van der Waals surface area contributed by atoms with Crippen LogP contribution in [0.4, 0.5) is 0 Å². The summed E-state index contributed by atoms with van der Waals surface area (Å²) in [5.74, 6) is 2.26. The lowest BCUT2D eigenvalue weighted by Crippen LogP contribution is -2.39. The van der Waals surface area contributed by atoms with Crippen molar-refractivity contribution in [3.63, 3.8) is 0 Å². The molecule has 1 aromatic carbocycles. The number of aryl methyl sites for hydroxylation is 1. The Bertz CT molecular complexity index is 734. The quantitative estimate of drug-likeness (QED) is 0.223. The lowest BCUT2D eigenvalue weighted by molar-refractivity contribution is 0.322. The van der Waals surface area contributed by atoms with Crippen LogP contribution in [0, 0.1) is 6.92 Å². The van der Waals surface area contributed by atoms with Gasteiger partial charge in [-0.3, -0.25) is 4.99 Å². The van der Waals surface area contributed by atoms with Crippen LogP contribution in [0.5, 0.6) is 5.75 Å². The van der Waals surface area contributed by atoms with Gasteiger partial charge in [0.1, 0.15) is 6.61 Å².